The fourth-order valence-electron chi connectivity index (χ4n) is 9.98. The van der Waals surface area contributed by atoms with Gasteiger partial charge in [0, 0.05) is 105 Å². The molecule has 4 aliphatic heterocycles. The number of aryl methyl sites for hydroxylation is 1. The first-order chi connectivity index (χ1) is 32.0. The number of piperazine rings is 1. The standard InChI is InChI=1S/C49H66N10O7S/c1-10-57-39-16-15-31-21-33(39)34(43(57)32-13-11-17-50-41(32)30(5)65-9)23-49(6,7)27-66-47(63)35-14-12-18-59(54-35)46(62)36(22-40-52-38(31)26-67-40)53-44(60)42(28(2)3)55(8)48(64)56-19-20-58(29(4)25-56)45(61)37-24-51-37/h11,13,15-17,21,26,28-30,35-37,42,51,54H,10,12,14,18-20,22-25,27H2,1-9H3,(H,53,60)/t29-,30+,35+,36+,37+,42+/m1/s1. The number of benzene rings is 1. The molecule has 5 amide bonds. The van der Waals surface area contributed by atoms with E-state index in [2.05, 4.69) is 65.7 Å². The van der Waals surface area contributed by atoms with Gasteiger partial charge in [-0.3, -0.25) is 29.2 Å². The van der Waals surface area contributed by atoms with Gasteiger partial charge in [0.05, 0.1) is 40.8 Å². The number of methoxy groups -OCH3 is 1. The van der Waals surface area contributed by atoms with Crippen LogP contribution in [0, 0.1) is 11.3 Å². The van der Waals surface area contributed by atoms with Crippen LogP contribution in [0.4, 0.5) is 4.79 Å². The zero-order chi connectivity index (χ0) is 47.9. The maximum Gasteiger partial charge on any atom is 0.324 e. The molecule has 360 valence electrons. The minimum Gasteiger partial charge on any atom is -0.464 e. The number of hydrogen-bond acceptors (Lipinski definition) is 12. The molecular formula is C49H66N10O7S. The zero-order valence-corrected chi connectivity index (χ0v) is 41.1. The first-order valence-electron chi connectivity index (χ1n) is 23.7. The Balaban J connectivity index is 1.13. The number of amides is 5. The van der Waals surface area contributed by atoms with Gasteiger partial charge in [-0.25, -0.2) is 15.2 Å². The summed E-state index contributed by atoms with van der Waals surface area (Å²) in [6.07, 6.45) is 3.20. The molecular weight excluding hydrogens is 873 g/mol. The molecule has 3 N–H and O–H groups in total. The number of hydrazine groups is 1. The van der Waals surface area contributed by atoms with E-state index in [9.17, 15) is 24.0 Å². The Morgan fingerprint density at radius 3 is 2.60 bits per heavy atom. The average Bonchev–Trinajstić information content (AvgIpc) is 4.00. The zero-order valence-electron chi connectivity index (χ0n) is 40.3. The summed E-state index contributed by atoms with van der Waals surface area (Å²) in [6, 6.07) is 6.96. The molecule has 3 saturated heterocycles. The highest BCUT2D eigenvalue weighted by Gasteiger charge is 2.42. The number of rotatable bonds is 9. The number of nitrogens with zero attached hydrogens (tertiary/aromatic N) is 7. The van der Waals surface area contributed by atoms with E-state index in [1.54, 1.807) is 25.3 Å². The number of ether oxygens (including phenoxy) is 2. The Kier molecular flexibility index (Phi) is 14.1. The van der Waals surface area contributed by atoms with E-state index in [0.29, 0.717) is 63.5 Å². The van der Waals surface area contributed by atoms with E-state index in [4.69, 9.17) is 19.4 Å². The lowest BCUT2D eigenvalue weighted by atomic mass is 9.84. The number of urea groups is 1. The number of aromatic nitrogens is 3. The predicted molar refractivity (Wildman–Crippen MR) is 256 cm³/mol. The summed E-state index contributed by atoms with van der Waals surface area (Å²) in [4.78, 5) is 84.9. The molecule has 1 aromatic carbocycles. The summed E-state index contributed by atoms with van der Waals surface area (Å²) in [6.45, 7) is 16.9. The van der Waals surface area contributed by atoms with Crippen molar-refractivity contribution in [3.05, 3.63) is 58.2 Å². The van der Waals surface area contributed by atoms with Crippen LogP contribution in [0.25, 0.3) is 33.4 Å². The summed E-state index contributed by atoms with van der Waals surface area (Å²) < 4.78 is 14.2. The van der Waals surface area contributed by atoms with Gasteiger partial charge in [0.1, 0.15) is 18.1 Å². The molecule has 0 unspecified atom stereocenters. The lowest BCUT2D eigenvalue weighted by Gasteiger charge is -2.42. The maximum atomic E-state index is 14.7. The SMILES string of the molecule is CCn1c(-c2cccnc2[C@H](C)OC)c2c3cc(ccc31)-c1csc(n1)C[C@H](NC(=O)[C@H](C(C)C)N(C)C(=O)N1CCN(C(=O)[C@@H]3CN3)[C@H](C)C1)C(=O)N1CCC[C@H](N1)C(=O)OCC(C)(C)C2. The molecule has 3 aromatic heterocycles. The monoisotopic (exact) mass is 938 g/mol. The number of fused-ring (bicyclic) bond motifs is 6. The quantitative estimate of drug-likeness (QED) is 0.155. The van der Waals surface area contributed by atoms with Crippen molar-refractivity contribution in [2.24, 2.45) is 11.3 Å². The van der Waals surface area contributed by atoms with E-state index >= 15 is 0 Å². The van der Waals surface area contributed by atoms with Crippen LogP contribution >= 0.6 is 11.3 Å². The molecule has 7 heterocycles. The van der Waals surface area contributed by atoms with Gasteiger partial charge in [0.2, 0.25) is 11.8 Å². The number of carbonyl (C=O) groups is 5. The number of pyridine rings is 1. The molecule has 8 rings (SSSR count). The molecule has 0 radical (unpaired) electrons. The highest BCUT2D eigenvalue weighted by Crippen LogP contribution is 2.42. The van der Waals surface area contributed by atoms with Gasteiger partial charge < -0.3 is 39.4 Å². The fourth-order valence-corrected chi connectivity index (χ4v) is 10.8. The van der Waals surface area contributed by atoms with Gasteiger partial charge in [-0.15, -0.1) is 11.3 Å². The Morgan fingerprint density at radius 1 is 1.12 bits per heavy atom. The number of carbonyl (C=O) groups excluding carboxylic acids is 5. The second-order valence-electron chi connectivity index (χ2n) is 19.6. The lowest BCUT2D eigenvalue weighted by molar-refractivity contribution is -0.155. The molecule has 67 heavy (non-hydrogen) atoms. The Bertz CT molecular complexity index is 2520. The largest absolute Gasteiger partial charge is 0.464 e. The molecule has 18 heteroatoms. The van der Waals surface area contributed by atoms with Crippen LogP contribution in [-0.2, 0) is 48.0 Å². The summed E-state index contributed by atoms with van der Waals surface area (Å²) in [7, 11) is 3.30. The summed E-state index contributed by atoms with van der Waals surface area (Å²) >= 11 is 1.41. The molecule has 6 atom stereocenters. The molecule has 0 spiro atoms. The fraction of sp³-hybridized carbons (Fsp3) is 0.571. The number of cyclic esters (lactones) is 1. The van der Waals surface area contributed by atoms with Crippen molar-refractivity contribution in [1.82, 2.24) is 50.3 Å². The van der Waals surface area contributed by atoms with Gasteiger partial charge in [-0.05, 0) is 75.8 Å². The molecule has 17 nitrogen and oxygen atoms in total. The van der Waals surface area contributed by atoms with Crippen LogP contribution in [0.1, 0.15) is 83.7 Å². The van der Waals surface area contributed by atoms with Crippen molar-refractivity contribution < 1.29 is 33.4 Å². The first-order valence-corrected chi connectivity index (χ1v) is 24.6. The minimum atomic E-state index is -1.08. The Hall–Kier alpha value is -5.43. The minimum absolute atomic E-state index is 0.0454. The van der Waals surface area contributed by atoms with Crippen molar-refractivity contribution >= 4 is 52.0 Å². The molecule has 0 saturated carbocycles. The van der Waals surface area contributed by atoms with Gasteiger partial charge in [0.15, 0.2) is 0 Å². The number of likely N-dealkylation sites (N-methyl/N-ethyl adjacent to an activating group) is 1. The van der Waals surface area contributed by atoms with E-state index in [0.717, 1.165) is 44.7 Å². The molecule has 6 bridgehead atoms. The summed E-state index contributed by atoms with van der Waals surface area (Å²) in [5.74, 6) is -1.63. The van der Waals surface area contributed by atoms with Gasteiger partial charge in [-0.1, -0.05) is 33.8 Å². The van der Waals surface area contributed by atoms with Crippen LogP contribution < -0.4 is 16.1 Å². The van der Waals surface area contributed by atoms with E-state index < -0.39 is 41.3 Å². The molecule has 0 aliphatic carbocycles. The highest BCUT2D eigenvalue weighted by atomic mass is 32.1. The van der Waals surface area contributed by atoms with Crippen molar-refractivity contribution in [2.45, 2.75) is 117 Å². The normalized spacial score (nSPS) is 23.1. The summed E-state index contributed by atoms with van der Waals surface area (Å²) in [5, 5.41) is 11.2. The van der Waals surface area contributed by atoms with Crippen LogP contribution in [-0.4, -0.2) is 148 Å². The maximum absolute atomic E-state index is 14.7. The lowest BCUT2D eigenvalue weighted by Crippen LogP contribution is -2.63. The van der Waals surface area contributed by atoms with Crippen molar-refractivity contribution in [3.8, 4) is 22.5 Å². The Morgan fingerprint density at radius 2 is 1.90 bits per heavy atom. The third-order valence-corrected chi connectivity index (χ3v) is 14.5. The van der Waals surface area contributed by atoms with E-state index in [-0.39, 0.29) is 49.1 Å². The Labute approximate surface area is 396 Å². The highest BCUT2D eigenvalue weighted by molar-refractivity contribution is 7.10. The second kappa shape index (κ2) is 19.7. The first kappa shape index (κ1) is 48.0. The van der Waals surface area contributed by atoms with E-state index in [1.165, 1.54) is 21.2 Å². The molecule has 4 aromatic rings. The second-order valence-corrected chi connectivity index (χ2v) is 20.6. The number of nitrogens with one attached hydrogen (secondary N) is 3. The third kappa shape index (κ3) is 9.94. The topological polar surface area (TPSA) is 193 Å². The van der Waals surface area contributed by atoms with Crippen molar-refractivity contribution in [1.29, 1.82) is 0 Å². The van der Waals surface area contributed by atoms with E-state index in [1.807, 2.05) is 44.0 Å². The number of esters is 1. The third-order valence-electron chi connectivity index (χ3n) is 13.7. The molecule has 4 aliphatic rings. The number of thiazole rings is 1. The molecule has 3 fully saturated rings. The van der Waals surface area contributed by atoms with Gasteiger partial charge in [-0.2, -0.15) is 0 Å². The van der Waals surface area contributed by atoms with Crippen LogP contribution in [0.3, 0.4) is 0 Å². The average molecular weight is 939 g/mol. The van der Waals surface area contributed by atoms with Crippen LogP contribution in [0.15, 0.2) is 41.9 Å². The summed E-state index contributed by atoms with van der Waals surface area (Å²) in [5.41, 5.74) is 9.28. The number of hydrogen-bond donors (Lipinski definition) is 3. The van der Waals surface area contributed by atoms with Crippen molar-refractivity contribution in [3.63, 3.8) is 0 Å². The predicted octanol–water partition coefficient (Wildman–Crippen LogP) is 4.78. The van der Waals surface area contributed by atoms with Gasteiger partial charge in [0.25, 0.3) is 5.91 Å². The van der Waals surface area contributed by atoms with Crippen LogP contribution in [0.2, 0.25) is 0 Å². The van der Waals surface area contributed by atoms with Crippen LogP contribution in [0.5, 0.6) is 0 Å². The van der Waals surface area contributed by atoms with Crippen molar-refractivity contribution in [2.75, 3.05) is 53.5 Å². The van der Waals surface area contributed by atoms with Gasteiger partial charge >= 0.3 is 12.0 Å². The smallest absolute Gasteiger partial charge is 0.324 e.